The van der Waals surface area contributed by atoms with Crippen LogP contribution in [-0.4, -0.2) is 17.0 Å². The molecule has 0 amide bonds. The molecule has 0 radical (unpaired) electrons. The van der Waals surface area contributed by atoms with Crippen LogP contribution in [0.5, 0.6) is 0 Å². The van der Waals surface area contributed by atoms with Gasteiger partial charge in [-0.05, 0) is 18.6 Å². The maximum atomic E-state index is 14.0. The molecule has 0 bridgehead atoms. The second-order valence-corrected chi connectivity index (χ2v) is 4.16. The Kier molecular flexibility index (Phi) is 3.60. The predicted molar refractivity (Wildman–Crippen MR) is 70.5 cm³/mol. The van der Waals surface area contributed by atoms with E-state index in [-0.39, 0.29) is 28.3 Å². The van der Waals surface area contributed by atoms with Crippen molar-refractivity contribution in [1.29, 1.82) is 0 Å². The number of aromatic nitrogens is 1. The van der Waals surface area contributed by atoms with Crippen LogP contribution >= 0.6 is 0 Å². The average Bonchev–Trinajstić information content (AvgIpc) is 2.43. The molecule has 5 nitrogen and oxygen atoms in total. The molecule has 2 aromatic rings. The van der Waals surface area contributed by atoms with Crippen LogP contribution in [0.1, 0.15) is 5.56 Å². The van der Waals surface area contributed by atoms with Crippen molar-refractivity contribution in [3.05, 3.63) is 51.6 Å². The van der Waals surface area contributed by atoms with E-state index in [4.69, 9.17) is 0 Å². The fraction of sp³-hybridized carbons (Fsp3) is 0.154. The van der Waals surface area contributed by atoms with E-state index in [0.29, 0.717) is 0 Å². The number of nitrogens with one attached hydrogen (secondary N) is 1. The van der Waals surface area contributed by atoms with Crippen molar-refractivity contribution in [2.45, 2.75) is 6.92 Å². The van der Waals surface area contributed by atoms with E-state index in [1.54, 1.807) is 0 Å². The molecule has 0 unspecified atom stereocenters. The van der Waals surface area contributed by atoms with Crippen molar-refractivity contribution in [3.8, 4) is 11.3 Å². The Morgan fingerprint density at radius 1 is 1.30 bits per heavy atom. The third kappa shape index (κ3) is 2.42. The first kappa shape index (κ1) is 13.9. The molecule has 1 aromatic carbocycles. The van der Waals surface area contributed by atoms with Gasteiger partial charge in [0.25, 0.3) is 5.69 Å². The topological polar surface area (TPSA) is 68.1 Å². The molecule has 0 aliphatic heterocycles. The van der Waals surface area contributed by atoms with Crippen LogP contribution in [0, 0.1) is 28.7 Å². The van der Waals surface area contributed by atoms with E-state index in [9.17, 15) is 18.9 Å². The van der Waals surface area contributed by atoms with E-state index in [2.05, 4.69) is 10.3 Å². The maximum Gasteiger partial charge on any atom is 0.275 e. The number of hydrogen-bond acceptors (Lipinski definition) is 4. The molecule has 0 spiro atoms. The predicted octanol–water partition coefficient (Wildman–Crippen LogP) is 3.29. The number of anilines is 1. The van der Waals surface area contributed by atoms with Gasteiger partial charge in [-0.1, -0.05) is 6.07 Å². The number of halogens is 2. The van der Waals surface area contributed by atoms with Gasteiger partial charge in [-0.3, -0.25) is 10.1 Å². The second kappa shape index (κ2) is 5.20. The highest BCUT2D eigenvalue weighted by Gasteiger charge is 2.19. The Labute approximate surface area is 113 Å². The molecule has 0 saturated carbocycles. The molecule has 2 rings (SSSR count). The van der Waals surface area contributed by atoms with E-state index in [1.807, 2.05) is 0 Å². The van der Waals surface area contributed by atoms with E-state index < -0.39 is 16.6 Å². The van der Waals surface area contributed by atoms with Gasteiger partial charge in [0.15, 0.2) is 0 Å². The molecule has 1 aromatic heterocycles. The van der Waals surface area contributed by atoms with Crippen molar-refractivity contribution >= 4 is 11.5 Å². The summed E-state index contributed by atoms with van der Waals surface area (Å²) in [6.45, 7) is 1.48. The molecular formula is C13H11F2N3O2. The minimum Gasteiger partial charge on any atom is -0.373 e. The summed E-state index contributed by atoms with van der Waals surface area (Å²) in [5.41, 5.74) is -0.548. The van der Waals surface area contributed by atoms with Gasteiger partial charge in [0, 0.05) is 13.1 Å². The Balaban J connectivity index is 2.72. The number of rotatable bonds is 3. The van der Waals surface area contributed by atoms with Crippen LogP contribution < -0.4 is 5.32 Å². The van der Waals surface area contributed by atoms with Gasteiger partial charge < -0.3 is 5.32 Å². The number of nitro groups is 1. The van der Waals surface area contributed by atoms with E-state index in [0.717, 1.165) is 12.1 Å². The van der Waals surface area contributed by atoms with Crippen LogP contribution in [0.3, 0.4) is 0 Å². The lowest BCUT2D eigenvalue weighted by molar-refractivity contribution is -0.384. The Morgan fingerprint density at radius 3 is 2.60 bits per heavy atom. The molecule has 0 aliphatic rings. The van der Waals surface area contributed by atoms with Gasteiger partial charge in [-0.25, -0.2) is 13.8 Å². The van der Waals surface area contributed by atoms with Gasteiger partial charge in [0.2, 0.25) is 0 Å². The molecule has 0 saturated heterocycles. The lowest BCUT2D eigenvalue weighted by Gasteiger charge is -2.08. The molecular weight excluding hydrogens is 268 g/mol. The van der Waals surface area contributed by atoms with Gasteiger partial charge >= 0.3 is 0 Å². The smallest absolute Gasteiger partial charge is 0.275 e. The number of nitrogens with zero attached hydrogens (tertiary/aromatic N) is 2. The first-order valence-electron chi connectivity index (χ1n) is 5.73. The molecule has 0 fully saturated rings. The number of hydrogen-bond donors (Lipinski definition) is 1. The van der Waals surface area contributed by atoms with Crippen molar-refractivity contribution in [2.75, 3.05) is 12.4 Å². The minimum atomic E-state index is -0.817. The summed E-state index contributed by atoms with van der Waals surface area (Å²) in [6.07, 6.45) is 0. The standard InChI is InChI=1S/C13H11F2N3O2/c1-7-3-4-9(14)12(13(7)15)10-5-8(18(19)20)6-11(16-2)17-10/h3-6H,1-2H3,(H,16,17). The fourth-order valence-corrected chi connectivity index (χ4v) is 1.77. The fourth-order valence-electron chi connectivity index (χ4n) is 1.77. The zero-order valence-electron chi connectivity index (χ0n) is 10.8. The Bertz CT molecular complexity index is 690. The number of pyridine rings is 1. The summed E-state index contributed by atoms with van der Waals surface area (Å²) >= 11 is 0. The SMILES string of the molecule is CNc1cc([N+](=O)[O-])cc(-c2c(F)ccc(C)c2F)n1. The summed E-state index contributed by atoms with van der Waals surface area (Å²) < 4.78 is 27.9. The van der Waals surface area contributed by atoms with Crippen LogP contribution in [0.15, 0.2) is 24.3 Å². The highest BCUT2D eigenvalue weighted by molar-refractivity contribution is 5.67. The summed E-state index contributed by atoms with van der Waals surface area (Å²) in [5, 5.41) is 13.5. The van der Waals surface area contributed by atoms with Crippen molar-refractivity contribution in [1.82, 2.24) is 4.98 Å². The zero-order valence-corrected chi connectivity index (χ0v) is 10.8. The zero-order chi connectivity index (χ0) is 14.9. The quantitative estimate of drug-likeness (QED) is 0.691. The summed E-state index contributed by atoms with van der Waals surface area (Å²) in [5.74, 6) is -1.43. The first-order chi connectivity index (χ1) is 9.43. The van der Waals surface area contributed by atoms with E-state index >= 15 is 0 Å². The molecule has 0 atom stereocenters. The minimum absolute atomic E-state index is 0.123. The van der Waals surface area contributed by atoms with Crippen molar-refractivity contribution in [2.24, 2.45) is 0 Å². The lowest BCUT2D eigenvalue weighted by Crippen LogP contribution is -2.00. The summed E-state index contributed by atoms with van der Waals surface area (Å²) in [7, 11) is 1.51. The third-order valence-electron chi connectivity index (χ3n) is 2.82. The van der Waals surface area contributed by atoms with E-state index in [1.165, 1.54) is 26.1 Å². The summed E-state index contributed by atoms with van der Waals surface area (Å²) in [4.78, 5) is 14.2. The maximum absolute atomic E-state index is 14.0. The number of benzene rings is 1. The lowest BCUT2D eigenvalue weighted by atomic mass is 10.1. The first-order valence-corrected chi connectivity index (χ1v) is 5.73. The van der Waals surface area contributed by atoms with Crippen LogP contribution in [0.4, 0.5) is 20.3 Å². The second-order valence-electron chi connectivity index (χ2n) is 4.16. The van der Waals surface area contributed by atoms with Gasteiger partial charge in [-0.15, -0.1) is 0 Å². The van der Waals surface area contributed by atoms with Crippen molar-refractivity contribution in [3.63, 3.8) is 0 Å². The highest BCUT2D eigenvalue weighted by Crippen LogP contribution is 2.30. The largest absolute Gasteiger partial charge is 0.373 e. The molecule has 104 valence electrons. The molecule has 20 heavy (non-hydrogen) atoms. The van der Waals surface area contributed by atoms with Crippen LogP contribution in [-0.2, 0) is 0 Å². The van der Waals surface area contributed by atoms with Gasteiger partial charge in [0.1, 0.15) is 17.5 Å². The molecule has 1 N–H and O–H groups in total. The van der Waals surface area contributed by atoms with Crippen LogP contribution in [0.2, 0.25) is 0 Å². The molecule has 1 heterocycles. The van der Waals surface area contributed by atoms with Gasteiger partial charge in [0.05, 0.1) is 22.2 Å². The Hall–Kier alpha value is -2.57. The normalized spacial score (nSPS) is 10.4. The Morgan fingerprint density at radius 2 is 2.00 bits per heavy atom. The average molecular weight is 279 g/mol. The van der Waals surface area contributed by atoms with Gasteiger partial charge in [-0.2, -0.15) is 0 Å². The number of aryl methyl sites for hydroxylation is 1. The molecule has 0 aliphatic carbocycles. The third-order valence-corrected chi connectivity index (χ3v) is 2.82. The highest BCUT2D eigenvalue weighted by atomic mass is 19.1. The van der Waals surface area contributed by atoms with Crippen LogP contribution in [0.25, 0.3) is 11.3 Å². The summed E-state index contributed by atoms with van der Waals surface area (Å²) in [6, 6.07) is 4.63. The monoisotopic (exact) mass is 279 g/mol. The van der Waals surface area contributed by atoms with Crippen molar-refractivity contribution < 1.29 is 13.7 Å². The molecule has 7 heteroatoms.